The SMILES string of the molecule is CCCCCCCCCCCCCCOc1ccccc1OP(=O)([O-])Oc1cccc(CBr)c1. The number of benzene rings is 2. The molecule has 2 aromatic rings. The van der Waals surface area contributed by atoms with E-state index in [9.17, 15) is 9.46 Å². The minimum absolute atomic E-state index is 0.136. The third kappa shape index (κ3) is 12.3. The molecule has 0 aliphatic carbocycles. The molecule has 0 fully saturated rings. The average molecular weight is 554 g/mol. The molecule has 0 saturated heterocycles. The van der Waals surface area contributed by atoms with Gasteiger partial charge in [-0.2, -0.15) is 0 Å². The average Bonchev–Trinajstić information content (AvgIpc) is 2.82. The Labute approximate surface area is 214 Å². The second-order valence-electron chi connectivity index (χ2n) is 8.60. The first-order chi connectivity index (χ1) is 16.5. The van der Waals surface area contributed by atoms with E-state index in [1.165, 1.54) is 64.2 Å². The van der Waals surface area contributed by atoms with E-state index in [1.54, 1.807) is 42.5 Å². The zero-order chi connectivity index (χ0) is 24.5. The fourth-order valence-electron chi connectivity index (χ4n) is 3.72. The first-order valence-electron chi connectivity index (χ1n) is 12.6. The third-order valence-electron chi connectivity index (χ3n) is 5.58. The number of para-hydroxylation sites is 2. The standard InChI is InChI=1S/C27H40BrO5P/c1-2-3-4-5-6-7-8-9-10-11-12-15-21-31-26-19-13-14-20-27(26)33-34(29,30)32-25-18-16-17-24(22-25)23-28/h13-14,16-20,22H,2-12,15,21,23H2,1H3,(H,29,30)/p-1. The molecule has 1 unspecified atom stereocenters. The lowest BCUT2D eigenvalue weighted by Crippen LogP contribution is -2.13. The lowest BCUT2D eigenvalue weighted by Gasteiger charge is -2.25. The lowest BCUT2D eigenvalue weighted by atomic mass is 10.1. The van der Waals surface area contributed by atoms with Crippen LogP contribution in [0.15, 0.2) is 48.5 Å². The van der Waals surface area contributed by atoms with Crippen LogP contribution in [0, 0.1) is 0 Å². The van der Waals surface area contributed by atoms with E-state index < -0.39 is 7.82 Å². The van der Waals surface area contributed by atoms with Crippen molar-refractivity contribution >= 4 is 23.8 Å². The van der Waals surface area contributed by atoms with Crippen molar-refractivity contribution in [3.8, 4) is 17.2 Å². The van der Waals surface area contributed by atoms with Crippen LogP contribution in [0.4, 0.5) is 0 Å². The number of rotatable bonds is 19. The Hall–Kier alpha value is -1.49. The first-order valence-corrected chi connectivity index (χ1v) is 15.2. The van der Waals surface area contributed by atoms with Crippen LogP contribution in [0.1, 0.15) is 89.5 Å². The maximum atomic E-state index is 12.4. The molecule has 1 atom stereocenters. The van der Waals surface area contributed by atoms with Crippen molar-refractivity contribution < 1.29 is 23.2 Å². The van der Waals surface area contributed by atoms with Crippen molar-refractivity contribution in [3.63, 3.8) is 0 Å². The molecular weight excluding hydrogens is 515 g/mol. The van der Waals surface area contributed by atoms with Gasteiger partial charge >= 0.3 is 7.82 Å². The van der Waals surface area contributed by atoms with E-state index in [0.717, 1.165) is 18.4 Å². The number of halogens is 1. The minimum Gasteiger partial charge on any atom is -0.736 e. The summed E-state index contributed by atoms with van der Waals surface area (Å²) in [5.41, 5.74) is 0.906. The summed E-state index contributed by atoms with van der Waals surface area (Å²) in [5, 5.41) is 0.601. The Morgan fingerprint density at radius 2 is 1.35 bits per heavy atom. The van der Waals surface area contributed by atoms with Gasteiger partial charge in [-0.1, -0.05) is 118 Å². The molecule has 34 heavy (non-hydrogen) atoms. The molecule has 0 saturated carbocycles. The van der Waals surface area contributed by atoms with Gasteiger partial charge in [0, 0.05) is 5.33 Å². The fraction of sp³-hybridized carbons (Fsp3) is 0.556. The van der Waals surface area contributed by atoms with Crippen LogP contribution >= 0.6 is 23.8 Å². The van der Waals surface area contributed by atoms with Gasteiger partial charge in [-0.05, 0) is 36.2 Å². The van der Waals surface area contributed by atoms with Crippen LogP contribution in [-0.2, 0) is 9.90 Å². The summed E-state index contributed by atoms with van der Waals surface area (Å²) in [6.07, 6.45) is 15.3. The number of unbranched alkanes of at least 4 members (excludes halogenated alkanes) is 11. The maximum absolute atomic E-state index is 12.4. The van der Waals surface area contributed by atoms with Gasteiger partial charge < -0.3 is 18.7 Å². The van der Waals surface area contributed by atoms with E-state index in [4.69, 9.17) is 13.8 Å². The van der Waals surface area contributed by atoms with Crippen LogP contribution in [-0.4, -0.2) is 6.61 Å². The van der Waals surface area contributed by atoms with Crippen LogP contribution < -0.4 is 18.7 Å². The molecule has 0 N–H and O–H groups in total. The molecule has 7 heteroatoms. The summed E-state index contributed by atoms with van der Waals surface area (Å²) >= 11 is 3.35. The first kappa shape index (κ1) is 28.7. The zero-order valence-corrected chi connectivity index (χ0v) is 22.9. The van der Waals surface area contributed by atoms with E-state index in [-0.39, 0.29) is 11.5 Å². The number of phosphoric acid groups is 1. The molecule has 2 aromatic carbocycles. The van der Waals surface area contributed by atoms with Crippen LogP contribution in [0.5, 0.6) is 17.2 Å². The maximum Gasteiger partial charge on any atom is 0.372 e. The van der Waals surface area contributed by atoms with E-state index in [2.05, 4.69) is 22.9 Å². The highest BCUT2D eigenvalue weighted by Crippen LogP contribution is 2.43. The van der Waals surface area contributed by atoms with Gasteiger partial charge in [0.2, 0.25) is 0 Å². The molecule has 0 heterocycles. The van der Waals surface area contributed by atoms with E-state index in [1.807, 2.05) is 6.07 Å². The molecule has 0 radical (unpaired) electrons. The summed E-state index contributed by atoms with van der Waals surface area (Å²) in [7, 11) is -4.61. The topological polar surface area (TPSA) is 67.8 Å². The monoisotopic (exact) mass is 553 g/mol. The van der Waals surface area contributed by atoms with Crippen molar-refractivity contribution in [2.24, 2.45) is 0 Å². The van der Waals surface area contributed by atoms with Crippen molar-refractivity contribution in [1.29, 1.82) is 0 Å². The molecular formula is C27H39BrO5P-. The van der Waals surface area contributed by atoms with Gasteiger partial charge in [0.05, 0.1) is 6.61 Å². The number of hydrogen-bond acceptors (Lipinski definition) is 5. The lowest BCUT2D eigenvalue weighted by molar-refractivity contribution is -0.208. The van der Waals surface area contributed by atoms with E-state index in [0.29, 0.717) is 17.7 Å². The molecule has 2 rings (SSSR count). The number of ether oxygens (including phenoxy) is 1. The van der Waals surface area contributed by atoms with Gasteiger partial charge in [0.25, 0.3) is 0 Å². The smallest absolute Gasteiger partial charge is 0.372 e. The summed E-state index contributed by atoms with van der Waals surface area (Å²) in [5.74, 6) is 0.751. The molecule has 0 aliphatic heterocycles. The summed E-state index contributed by atoms with van der Waals surface area (Å²) in [4.78, 5) is 12.4. The van der Waals surface area contributed by atoms with Gasteiger partial charge in [0.15, 0.2) is 11.5 Å². The van der Waals surface area contributed by atoms with Crippen LogP contribution in [0.3, 0.4) is 0 Å². The summed E-state index contributed by atoms with van der Waals surface area (Å²) in [6.45, 7) is 2.78. The molecule has 0 bridgehead atoms. The second kappa shape index (κ2) is 17.0. The highest BCUT2D eigenvalue weighted by atomic mass is 79.9. The molecule has 0 amide bonds. The summed E-state index contributed by atoms with van der Waals surface area (Å²) in [6, 6.07) is 13.6. The highest BCUT2D eigenvalue weighted by Gasteiger charge is 2.16. The Balaban J connectivity index is 1.66. The van der Waals surface area contributed by atoms with Crippen LogP contribution in [0.2, 0.25) is 0 Å². The van der Waals surface area contributed by atoms with E-state index >= 15 is 0 Å². The van der Waals surface area contributed by atoms with Gasteiger partial charge in [-0.25, -0.2) is 4.57 Å². The van der Waals surface area contributed by atoms with Gasteiger partial charge in [-0.3, -0.25) is 0 Å². The molecule has 190 valence electrons. The predicted molar refractivity (Wildman–Crippen MR) is 141 cm³/mol. The van der Waals surface area contributed by atoms with Crippen molar-refractivity contribution in [3.05, 3.63) is 54.1 Å². The Bertz CT molecular complexity index is 860. The third-order valence-corrected chi connectivity index (χ3v) is 7.09. The predicted octanol–water partition coefficient (Wildman–Crippen LogP) is 8.59. The quantitative estimate of drug-likeness (QED) is 0.0989. The molecule has 0 aliphatic rings. The fourth-order valence-corrected chi connectivity index (χ4v) is 4.87. The second-order valence-corrected chi connectivity index (χ2v) is 10.4. The largest absolute Gasteiger partial charge is 0.736 e. The minimum atomic E-state index is -4.61. The van der Waals surface area contributed by atoms with Gasteiger partial charge in [0.1, 0.15) is 5.75 Å². The Morgan fingerprint density at radius 1 is 0.765 bits per heavy atom. The zero-order valence-electron chi connectivity index (χ0n) is 20.4. The molecule has 0 aromatic heterocycles. The number of phosphoric ester groups is 1. The van der Waals surface area contributed by atoms with Crippen molar-refractivity contribution in [2.45, 2.75) is 89.3 Å². The van der Waals surface area contributed by atoms with Crippen molar-refractivity contribution in [2.75, 3.05) is 6.61 Å². The highest BCUT2D eigenvalue weighted by molar-refractivity contribution is 9.08. The van der Waals surface area contributed by atoms with Crippen molar-refractivity contribution in [1.82, 2.24) is 0 Å². The normalized spacial score (nSPS) is 12.8. The Kier molecular flexibility index (Phi) is 14.4. The van der Waals surface area contributed by atoms with Gasteiger partial charge in [-0.15, -0.1) is 0 Å². The number of hydrogen-bond donors (Lipinski definition) is 0. The molecule has 0 spiro atoms. The molecule has 5 nitrogen and oxygen atoms in total. The summed E-state index contributed by atoms with van der Waals surface area (Å²) < 4.78 is 28.6. The Morgan fingerprint density at radius 3 is 1.97 bits per heavy atom. The number of alkyl halides is 1. The van der Waals surface area contributed by atoms with Crippen LogP contribution in [0.25, 0.3) is 0 Å².